The number of hydrogen-bond donors (Lipinski definition) is 1. The molecule has 1 saturated heterocycles. The summed E-state index contributed by atoms with van der Waals surface area (Å²) in [6, 6.07) is 0.458. The fourth-order valence-electron chi connectivity index (χ4n) is 2.94. The summed E-state index contributed by atoms with van der Waals surface area (Å²) in [5.41, 5.74) is 0.168. The molecule has 0 aromatic carbocycles. The van der Waals surface area contributed by atoms with Crippen molar-refractivity contribution in [3.05, 3.63) is 32.6 Å². The third-order valence-electron chi connectivity index (χ3n) is 4.23. The first-order chi connectivity index (χ1) is 10.0. The molecule has 0 aliphatic carbocycles. The Morgan fingerprint density at radius 1 is 1.24 bits per heavy atom. The van der Waals surface area contributed by atoms with Crippen LogP contribution >= 0.6 is 0 Å². The Bertz CT molecular complexity index is 582. The summed E-state index contributed by atoms with van der Waals surface area (Å²) < 4.78 is 2.63. The summed E-state index contributed by atoms with van der Waals surface area (Å²) in [4.78, 5) is 26.2. The van der Waals surface area contributed by atoms with Crippen LogP contribution in [0, 0.1) is 0 Å². The van der Waals surface area contributed by atoms with Crippen molar-refractivity contribution in [3.8, 4) is 0 Å². The van der Waals surface area contributed by atoms with Crippen LogP contribution in [-0.2, 0) is 20.6 Å². The molecule has 0 radical (unpaired) electrons. The molecule has 1 fully saturated rings. The number of aryl methyl sites for hydroxylation is 1. The maximum Gasteiger partial charge on any atom is 0.330 e. The van der Waals surface area contributed by atoms with Gasteiger partial charge in [-0.3, -0.25) is 9.36 Å². The minimum Gasteiger partial charge on any atom is -0.310 e. The van der Waals surface area contributed by atoms with Gasteiger partial charge in [-0.2, -0.15) is 0 Å². The monoisotopic (exact) mass is 294 g/mol. The van der Waals surface area contributed by atoms with Crippen molar-refractivity contribution in [2.24, 2.45) is 14.1 Å². The fraction of sp³-hybridized carbons (Fsp3) is 0.733. The molecule has 1 aromatic heterocycles. The topological polar surface area (TPSA) is 59.3 Å². The van der Waals surface area contributed by atoms with Crippen LogP contribution in [0.25, 0.3) is 0 Å². The molecule has 1 aliphatic rings. The minimum atomic E-state index is -0.281. The summed E-state index contributed by atoms with van der Waals surface area (Å²) in [5.74, 6) is 0. The quantitative estimate of drug-likeness (QED) is 0.833. The van der Waals surface area contributed by atoms with Crippen molar-refractivity contribution in [1.82, 2.24) is 19.4 Å². The number of nitrogens with one attached hydrogen (secondary N) is 1. The van der Waals surface area contributed by atoms with Crippen molar-refractivity contribution in [2.75, 3.05) is 19.6 Å². The fourth-order valence-corrected chi connectivity index (χ4v) is 2.94. The second-order valence-corrected chi connectivity index (χ2v) is 5.91. The lowest BCUT2D eigenvalue weighted by molar-refractivity contribution is 0.197. The number of rotatable bonds is 5. The maximum absolute atomic E-state index is 12.1. The lowest BCUT2D eigenvalue weighted by atomic mass is 10.0. The molecule has 0 saturated carbocycles. The molecule has 0 spiro atoms. The van der Waals surface area contributed by atoms with Crippen molar-refractivity contribution >= 4 is 0 Å². The first-order valence-electron chi connectivity index (χ1n) is 7.74. The van der Waals surface area contributed by atoms with Gasteiger partial charge in [0.2, 0.25) is 0 Å². The van der Waals surface area contributed by atoms with Gasteiger partial charge in [0.25, 0.3) is 5.56 Å². The van der Waals surface area contributed by atoms with Crippen LogP contribution in [-0.4, -0.2) is 39.7 Å². The van der Waals surface area contributed by atoms with Gasteiger partial charge in [-0.1, -0.05) is 6.92 Å². The van der Waals surface area contributed by atoms with E-state index in [-0.39, 0.29) is 11.2 Å². The molecule has 0 amide bonds. The van der Waals surface area contributed by atoms with Gasteiger partial charge in [-0.05, 0) is 38.9 Å². The molecule has 6 heteroatoms. The average Bonchev–Trinajstić information content (AvgIpc) is 2.49. The van der Waals surface area contributed by atoms with Gasteiger partial charge in [-0.15, -0.1) is 0 Å². The predicted molar refractivity (Wildman–Crippen MR) is 83.5 cm³/mol. The van der Waals surface area contributed by atoms with Crippen molar-refractivity contribution in [2.45, 2.75) is 38.8 Å². The van der Waals surface area contributed by atoms with Crippen molar-refractivity contribution < 1.29 is 0 Å². The van der Waals surface area contributed by atoms with Crippen LogP contribution in [0.15, 0.2) is 15.8 Å². The van der Waals surface area contributed by atoms with E-state index in [2.05, 4.69) is 17.1 Å². The van der Waals surface area contributed by atoms with Gasteiger partial charge >= 0.3 is 5.69 Å². The molecule has 1 aliphatic heterocycles. The Labute approximate surface area is 125 Å². The molecule has 21 heavy (non-hydrogen) atoms. The first-order valence-corrected chi connectivity index (χ1v) is 7.74. The van der Waals surface area contributed by atoms with Crippen molar-refractivity contribution in [1.29, 1.82) is 0 Å². The van der Waals surface area contributed by atoms with Crippen LogP contribution in [0.2, 0.25) is 0 Å². The van der Waals surface area contributed by atoms with E-state index in [9.17, 15) is 9.59 Å². The number of nitrogens with zero attached hydrogens (tertiary/aromatic N) is 3. The molecule has 2 rings (SSSR count). The molecule has 1 N–H and O–H groups in total. The van der Waals surface area contributed by atoms with Crippen LogP contribution in [0.5, 0.6) is 0 Å². The molecule has 0 bridgehead atoms. The number of hydrogen-bond acceptors (Lipinski definition) is 4. The lowest BCUT2D eigenvalue weighted by Gasteiger charge is -2.32. The second kappa shape index (κ2) is 7.04. The zero-order valence-corrected chi connectivity index (χ0v) is 13.3. The maximum atomic E-state index is 12.1. The van der Waals surface area contributed by atoms with E-state index >= 15 is 0 Å². The van der Waals surface area contributed by atoms with Crippen LogP contribution in [0.1, 0.15) is 31.7 Å². The molecule has 6 nitrogen and oxygen atoms in total. The van der Waals surface area contributed by atoms with E-state index in [1.165, 1.54) is 29.1 Å². The smallest absolute Gasteiger partial charge is 0.310 e. The molecule has 1 aromatic rings. The Morgan fingerprint density at radius 2 is 1.90 bits per heavy atom. The molecular weight excluding hydrogens is 268 g/mol. The number of piperidine rings is 1. The Kier molecular flexibility index (Phi) is 5.36. The lowest BCUT2D eigenvalue weighted by Crippen LogP contribution is -2.44. The highest BCUT2D eigenvalue weighted by Gasteiger charge is 2.18. The Hall–Kier alpha value is -1.40. The van der Waals surface area contributed by atoms with Gasteiger partial charge < -0.3 is 14.8 Å². The second-order valence-electron chi connectivity index (χ2n) is 5.91. The molecular formula is C15H26N4O2. The molecule has 118 valence electrons. The molecule has 0 unspecified atom stereocenters. The Balaban J connectivity index is 1.93. The third kappa shape index (κ3) is 3.83. The van der Waals surface area contributed by atoms with Crippen molar-refractivity contribution in [3.63, 3.8) is 0 Å². The zero-order chi connectivity index (χ0) is 15.4. The van der Waals surface area contributed by atoms with Gasteiger partial charge in [-0.25, -0.2) is 4.79 Å². The predicted octanol–water partition coefficient (Wildman–Crippen LogP) is 0.0480. The van der Waals surface area contributed by atoms with Crippen LogP contribution in [0.4, 0.5) is 0 Å². The number of aromatic nitrogens is 2. The van der Waals surface area contributed by atoms with Crippen LogP contribution < -0.4 is 16.6 Å². The average molecular weight is 294 g/mol. The normalized spacial score (nSPS) is 17.3. The van der Waals surface area contributed by atoms with E-state index < -0.39 is 0 Å². The zero-order valence-electron chi connectivity index (χ0n) is 13.3. The summed E-state index contributed by atoms with van der Waals surface area (Å²) >= 11 is 0. The standard InChI is InChI=1S/C15H26N4O2/c1-4-7-19-8-5-13(6-9-19)16-10-12-11-17(2)15(21)18(3)14(12)20/h11,13,16H,4-10H2,1-3H3. The van der Waals surface area contributed by atoms with Gasteiger partial charge in [0.1, 0.15) is 0 Å². The molecule has 2 heterocycles. The summed E-state index contributed by atoms with van der Waals surface area (Å²) in [7, 11) is 3.20. The summed E-state index contributed by atoms with van der Waals surface area (Å²) in [6.45, 7) is 6.15. The molecule has 0 atom stereocenters. The van der Waals surface area contributed by atoms with E-state index in [1.807, 2.05) is 0 Å². The summed E-state index contributed by atoms with van der Waals surface area (Å²) in [5, 5.41) is 3.46. The minimum absolute atomic E-state index is 0.200. The van der Waals surface area contributed by atoms with E-state index in [0.29, 0.717) is 18.2 Å². The third-order valence-corrected chi connectivity index (χ3v) is 4.23. The first kappa shape index (κ1) is 16.0. The van der Waals surface area contributed by atoms with E-state index in [1.54, 1.807) is 13.2 Å². The number of likely N-dealkylation sites (tertiary alicyclic amines) is 1. The highest BCUT2D eigenvalue weighted by atomic mass is 16.2. The Morgan fingerprint density at radius 3 is 2.52 bits per heavy atom. The highest BCUT2D eigenvalue weighted by Crippen LogP contribution is 2.10. The summed E-state index contributed by atoms with van der Waals surface area (Å²) in [6.07, 6.45) is 5.08. The van der Waals surface area contributed by atoms with E-state index in [4.69, 9.17) is 0 Å². The highest BCUT2D eigenvalue weighted by molar-refractivity contribution is 5.05. The largest absolute Gasteiger partial charge is 0.330 e. The van der Waals surface area contributed by atoms with E-state index in [0.717, 1.165) is 25.9 Å². The van der Waals surface area contributed by atoms with Gasteiger partial charge in [0, 0.05) is 38.4 Å². The van der Waals surface area contributed by atoms with Crippen LogP contribution in [0.3, 0.4) is 0 Å². The van der Waals surface area contributed by atoms with Gasteiger partial charge in [0.15, 0.2) is 0 Å². The SMILES string of the molecule is CCCN1CCC(NCc2cn(C)c(=O)n(C)c2=O)CC1. The van der Waals surface area contributed by atoms with Gasteiger partial charge in [0.05, 0.1) is 0 Å².